The van der Waals surface area contributed by atoms with Crippen LogP contribution >= 0.6 is 15.9 Å². The van der Waals surface area contributed by atoms with Crippen molar-refractivity contribution in [3.63, 3.8) is 0 Å². The van der Waals surface area contributed by atoms with Crippen LogP contribution in [-0.2, 0) is 0 Å². The number of rotatable bonds is 4. The van der Waals surface area contributed by atoms with Crippen LogP contribution in [0.4, 0.5) is 5.69 Å². The fraction of sp³-hybridized carbons (Fsp3) is 0.267. The molecule has 0 aliphatic heterocycles. The van der Waals surface area contributed by atoms with Crippen LogP contribution in [-0.4, -0.2) is 5.91 Å². The first kappa shape index (κ1) is 13.9. The van der Waals surface area contributed by atoms with E-state index in [0.717, 1.165) is 17.7 Å². The first-order valence-electron chi connectivity index (χ1n) is 6.27. The van der Waals surface area contributed by atoms with E-state index < -0.39 is 0 Å². The predicted molar refractivity (Wildman–Crippen MR) is 79.5 cm³/mol. The Morgan fingerprint density at radius 2 is 2.05 bits per heavy atom. The number of amides is 1. The maximum atomic E-state index is 12.1. The van der Waals surface area contributed by atoms with E-state index in [1.807, 2.05) is 24.3 Å². The van der Waals surface area contributed by atoms with Crippen molar-refractivity contribution in [1.29, 1.82) is 0 Å². The van der Waals surface area contributed by atoms with Crippen molar-refractivity contribution in [2.24, 2.45) is 0 Å². The van der Waals surface area contributed by atoms with Gasteiger partial charge in [0, 0.05) is 5.69 Å². The number of halogens is 1. The number of hydrogen-bond acceptors (Lipinski definition) is 2. The maximum Gasteiger partial charge on any atom is 0.291 e. The molecule has 3 nitrogen and oxygen atoms in total. The molecule has 0 aliphatic rings. The van der Waals surface area contributed by atoms with Crippen LogP contribution in [0.15, 0.2) is 45.5 Å². The quantitative estimate of drug-likeness (QED) is 0.878. The molecule has 100 valence electrons. The van der Waals surface area contributed by atoms with Crippen molar-refractivity contribution < 1.29 is 9.21 Å². The van der Waals surface area contributed by atoms with Gasteiger partial charge in [0.15, 0.2) is 10.4 Å². The lowest BCUT2D eigenvalue weighted by atomic mass is 9.97. The van der Waals surface area contributed by atoms with E-state index in [0.29, 0.717) is 16.3 Å². The van der Waals surface area contributed by atoms with Gasteiger partial charge >= 0.3 is 0 Å². The molecule has 1 amide bonds. The summed E-state index contributed by atoms with van der Waals surface area (Å²) in [4.78, 5) is 12.1. The smallest absolute Gasteiger partial charge is 0.291 e. The molecule has 0 saturated carbocycles. The lowest BCUT2D eigenvalue weighted by Gasteiger charge is -2.15. The van der Waals surface area contributed by atoms with Crippen LogP contribution < -0.4 is 5.32 Å². The van der Waals surface area contributed by atoms with E-state index >= 15 is 0 Å². The molecule has 0 spiro atoms. The first-order valence-corrected chi connectivity index (χ1v) is 7.06. The summed E-state index contributed by atoms with van der Waals surface area (Å²) in [5.41, 5.74) is 1.98. The van der Waals surface area contributed by atoms with Gasteiger partial charge in [-0.1, -0.05) is 32.0 Å². The van der Waals surface area contributed by atoms with E-state index in [4.69, 9.17) is 4.42 Å². The summed E-state index contributed by atoms with van der Waals surface area (Å²) in [6, 6.07) is 11.2. The Hall–Kier alpha value is -1.55. The average molecular weight is 322 g/mol. The lowest BCUT2D eigenvalue weighted by Crippen LogP contribution is -2.13. The van der Waals surface area contributed by atoms with Gasteiger partial charge in [-0.15, -0.1) is 0 Å². The summed E-state index contributed by atoms with van der Waals surface area (Å²) in [5, 5.41) is 2.90. The van der Waals surface area contributed by atoms with Gasteiger partial charge in [0.25, 0.3) is 5.91 Å². The van der Waals surface area contributed by atoms with Gasteiger partial charge in [0.05, 0.1) is 0 Å². The molecule has 0 radical (unpaired) electrons. The number of carbonyl (C=O) groups is 1. The summed E-state index contributed by atoms with van der Waals surface area (Å²) in [7, 11) is 0. The molecule has 1 aromatic heterocycles. The minimum atomic E-state index is -0.235. The summed E-state index contributed by atoms with van der Waals surface area (Å²) < 4.78 is 5.80. The highest BCUT2D eigenvalue weighted by Crippen LogP contribution is 2.27. The number of hydrogen-bond donors (Lipinski definition) is 1. The minimum Gasteiger partial charge on any atom is -0.444 e. The Morgan fingerprint density at radius 1 is 1.32 bits per heavy atom. The molecule has 0 aliphatic carbocycles. The third kappa shape index (κ3) is 3.26. The van der Waals surface area contributed by atoms with Crippen molar-refractivity contribution in [2.45, 2.75) is 26.2 Å². The van der Waals surface area contributed by atoms with Crippen molar-refractivity contribution in [3.8, 4) is 0 Å². The van der Waals surface area contributed by atoms with Crippen molar-refractivity contribution >= 4 is 27.5 Å². The van der Waals surface area contributed by atoms with Gasteiger partial charge in [0.1, 0.15) is 0 Å². The Bertz CT molecular complexity index is 577. The lowest BCUT2D eigenvalue weighted by molar-refractivity contribution is 0.0995. The van der Waals surface area contributed by atoms with E-state index in [1.54, 1.807) is 12.1 Å². The fourth-order valence-corrected chi connectivity index (χ4v) is 2.19. The molecule has 1 heterocycles. The van der Waals surface area contributed by atoms with E-state index in [9.17, 15) is 4.79 Å². The van der Waals surface area contributed by atoms with Crippen LogP contribution in [0.5, 0.6) is 0 Å². The molecule has 2 rings (SSSR count). The normalized spacial score (nSPS) is 12.2. The second-order valence-corrected chi connectivity index (χ2v) is 5.24. The summed E-state index contributed by atoms with van der Waals surface area (Å²) >= 11 is 3.19. The largest absolute Gasteiger partial charge is 0.444 e. The number of benzene rings is 1. The predicted octanol–water partition coefficient (Wildman–Crippen LogP) is 4.81. The second-order valence-electron chi connectivity index (χ2n) is 4.45. The number of nitrogens with one attached hydrogen (secondary N) is 1. The Kier molecular flexibility index (Phi) is 4.43. The highest BCUT2D eigenvalue weighted by atomic mass is 79.9. The Morgan fingerprint density at radius 3 is 2.68 bits per heavy atom. The van der Waals surface area contributed by atoms with Crippen LogP contribution in [0.1, 0.15) is 42.3 Å². The van der Waals surface area contributed by atoms with E-state index in [-0.39, 0.29) is 5.91 Å². The molecule has 2 aromatic rings. The van der Waals surface area contributed by atoms with Crippen molar-refractivity contribution in [2.75, 3.05) is 5.32 Å². The van der Waals surface area contributed by atoms with Crippen molar-refractivity contribution in [1.82, 2.24) is 0 Å². The zero-order chi connectivity index (χ0) is 13.8. The standard InChI is InChI=1S/C15H16BrNO2/c1-3-10(2)11-6-4-5-7-12(11)17-15(18)13-8-9-14(16)19-13/h4-10H,3H2,1-2H3,(H,17,18)/t10-/m1/s1. The van der Waals surface area contributed by atoms with Gasteiger partial charge in [-0.2, -0.15) is 0 Å². The molecule has 1 N–H and O–H groups in total. The van der Waals surface area contributed by atoms with Crippen LogP contribution in [0.2, 0.25) is 0 Å². The number of para-hydroxylation sites is 1. The van der Waals surface area contributed by atoms with Crippen LogP contribution in [0, 0.1) is 0 Å². The number of carbonyl (C=O) groups excluding carboxylic acids is 1. The topological polar surface area (TPSA) is 42.2 Å². The molecule has 0 bridgehead atoms. The molecule has 19 heavy (non-hydrogen) atoms. The highest BCUT2D eigenvalue weighted by Gasteiger charge is 2.14. The highest BCUT2D eigenvalue weighted by molar-refractivity contribution is 9.10. The Balaban J connectivity index is 2.21. The zero-order valence-electron chi connectivity index (χ0n) is 10.9. The third-order valence-electron chi connectivity index (χ3n) is 3.15. The summed E-state index contributed by atoms with van der Waals surface area (Å²) in [6.45, 7) is 4.28. The summed E-state index contributed by atoms with van der Waals surface area (Å²) in [5.74, 6) is 0.465. The van der Waals surface area contributed by atoms with Crippen LogP contribution in [0.3, 0.4) is 0 Å². The molecule has 1 aromatic carbocycles. The molecular weight excluding hydrogens is 306 g/mol. The van der Waals surface area contributed by atoms with Gasteiger partial charge in [0.2, 0.25) is 0 Å². The molecule has 0 saturated heterocycles. The molecule has 0 fully saturated rings. The fourth-order valence-electron chi connectivity index (χ4n) is 1.88. The zero-order valence-corrected chi connectivity index (χ0v) is 12.5. The summed E-state index contributed by atoms with van der Waals surface area (Å²) in [6.07, 6.45) is 1.03. The second kappa shape index (κ2) is 6.06. The first-order chi connectivity index (χ1) is 9.11. The van der Waals surface area contributed by atoms with Gasteiger partial charge in [-0.3, -0.25) is 4.79 Å². The number of anilines is 1. The minimum absolute atomic E-state index is 0.235. The Labute approximate surface area is 121 Å². The van der Waals surface area contributed by atoms with E-state index in [1.165, 1.54) is 0 Å². The van der Waals surface area contributed by atoms with Gasteiger partial charge in [-0.25, -0.2) is 0 Å². The molecule has 1 atom stereocenters. The van der Waals surface area contributed by atoms with Gasteiger partial charge < -0.3 is 9.73 Å². The molecule has 4 heteroatoms. The average Bonchev–Trinajstić information content (AvgIpc) is 2.85. The third-order valence-corrected chi connectivity index (χ3v) is 3.58. The van der Waals surface area contributed by atoms with Crippen molar-refractivity contribution in [3.05, 3.63) is 52.4 Å². The maximum absolute atomic E-state index is 12.1. The molecular formula is C15H16BrNO2. The monoisotopic (exact) mass is 321 g/mol. The van der Waals surface area contributed by atoms with Gasteiger partial charge in [-0.05, 0) is 52.0 Å². The van der Waals surface area contributed by atoms with E-state index in [2.05, 4.69) is 35.1 Å². The molecule has 0 unspecified atom stereocenters. The van der Waals surface area contributed by atoms with Crippen LogP contribution in [0.25, 0.3) is 0 Å². The number of furan rings is 1. The SMILES string of the molecule is CC[C@@H](C)c1ccccc1NC(=O)c1ccc(Br)o1.